The molecule has 0 atom stereocenters. The molecule has 0 aliphatic carbocycles. The number of benzene rings is 2. The molecule has 0 aliphatic heterocycles. The molecule has 3 aromatic rings. The van der Waals surface area contributed by atoms with Crippen molar-refractivity contribution in [1.82, 2.24) is 10.1 Å². The molecule has 0 bridgehead atoms. The van der Waals surface area contributed by atoms with Gasteiger partial charge in [0.1, 0.15) is 0 Å². The second-order valence-electron chi connectivity index (χ2n) is 4.47. The van der Waals surface area contributed by atoms with E-state index in [0.29, 0.717) is 11.6 Å². The predicted octanol–water partition coefficient (Wildman–Crippen LogP) is 3.42. The van der Waals surface area contributed by atoms with Crippen LogP contribution < -0.4 is 5.32 Å². The van der Waals surface area contributed by atoms with Gasteiger partial charge in [-0.1, -0.05) is 18.2 Å². The second-order valence-corrected chi connectivity index (χ2v) is 4.47. The molecule has 2 aromatic carbocycles. The van der Waals surface area contributed by atoms with Crippen LogP contribution in [0.2, 0.25) is 0 Å². The van der Waals surface area contributed by atoms with Gasteiger partial charge < -0.3 is 9.84 Å². The van der Waals surface area contributed by atoms with Crippen LogP contribution in [-0.4, -0.2) is 21.4 Å². The molecule has 8 heteroatoms. The highest BCUT2D eigenvalue weighted by Crippen LogP contribution is 2.19. The number of aromatic nitrogens is 2. The summed E-state index contributed by atoms with van der Waals surface area (Å²) in [6.07, 6.45) is 1.39. The Kier molecular flexibility index (Phi) is 4.05. The van der Waals surface area contributed by atoms with Gasteiger partial charge in [0.05, 0.1) is 11.3 Å². The van der Waals surface area contributed by atoms with E-state index in [9.17, 15) is 10.1 Å². The van der Waals surface area contributed by atoms with E-state index in [2.05, 4.69) is 20.4 Å². The van der Waals surface area contributed by atoms with Crippen molar-refractivity contribution >= 4 is 23.7 Å². The quantitative estimate of drug-likeness (QED) is 0.335. The molecule has 0 spiro atoms. The maximum atomic E-state index is 10.6. The first-order valence-electron chi connectivity index (χ1n) is 6.65. The summed E-state index contributed by atoms with van der Waals surface area (Å²) in [5.41, 5.74) is 1.49. The molecule has 0 radical (unpaired) electrons. The summed E-state index contributed by atoms with van der Waals surface area (Å²) in [7, 11) is 0. The number of hydrogen-bond donors (Lipinski definition) is 1. The minimum atomic E-state index is -0.456. The Labute approximate surface area is 130 Å². The lowest BCUT2D eigenvalue weighted by Gasteiger charge is -1.98. The molecule has 3 rings (SSSR count). The van der Waals surface area contributed by atoms with Crippen LogP contribution in [0, 0.1) is 10.1 Å². The Morgan fingerprint density at radius 1 is 1.13 bits per heavy atom. The summed E-state index contributed by atoms with van der Waals surface area (Å²) in [4.78, 5) is 18.3. The number of anilines is 1. The van der Waals surface area contributed by atoms with E-state index >= 15 is 0 Å². The van der Waals surface area contributed by atoms with Crippen molar-refractivity contribution in [3.8, 4) is 11.5 Å². The van der Waals surface area contributed by atoms with Gasteiger partial charge in [-0.2, -0.15) is 9.98 Å². The first-order valence-corrected chi connectivity index (χ1v) is 6.65. The third kappa shape index (κ3) is 3.56. The van der Waals surface area contributed by atoms with Gasteiger partial charge in [0.2, 0.25) is 0 Å². The molecule has 0 saturated carbocycles. The van der Waals surface area contributed by atoms with Crippen molar-refractivity contribution in [2.24, 2.45) is 4.99 Å². The van der Waals surface area contributed by atoms with E-state index < -0.39 is 4.92 Å². The summed E-state index contributed by atoms with van der Waals surface area (Å²) < 4.78 is 5.12. The third-order valence-corrected chi connectivity index (χ3v) is 2.93. The largest absolute Gasteiger partial charge is 0.346 e. The van der Waals surface area contributed by atoms with Crippen LogP contribution in [-0.2, 0) is 0 Å². The number of aliphatic imine (C=N–C) groups is 1. The van der Waals surface area contributed by atoms with E-state index in [0.717, 1.165) is 5.56 Å². The molecular formula is C15H11N5O3. The van der Waals surface area contributed by atoms with Gasteiger partial charge in [-0.15, -0.1) is 0 Å². The zero-order valence-corrected chi connectivity index (χ0v) is 11.8. The first-order chi connectivity index (χ1) is 11.2. The summed E-state index contributed by atoms with van der Waals surface area (Å²) in [5, 5.41) is 17.2. The molecular weight excluding hydrogens is 298 g/mol. The topological polar surface area (TPSA) is 106 Å². The molecule has 8 nitrogen and oxygen atoms in total. The summed E-state index contributed by atoms with van der Waals surface area (Å²) in [6.45, 7) is 0. The molecule has 0 fully saturated rings. The smallest absolute Gasteiger partial charge is 0.291 e. The van der Waals surface area contributed by atoms with Crippen LogP contribution in [0.3, 0.4) is 0 Å². The monoisotopic (exact) mass is 309 g/mol. The summed E-state index contributed by atoms with van der Waals surface area (Å²) >= 11 is 0. The predicted molar refractivity (Wildman–Crippen MR) is 84.6 cm³/mol. The highest BCUT2D eigenvalue weighted by molar-refractivity contribution is 5.77. The normalized spacial score (nSPS) is 10.8. The van der Waals surface area contributed by atoms with Gasteiger partial charge in [0.15, 0.2) is 0 Å². The Hall–Kier alpha value is -3.55. The average Bonchev–Trinajstić information content (AvgIpc) is 3.05. The Balaban J connectivity index is 1.64. The van der Waals surface area contributed by atoms with Crippen LogP contribution in [0.1, 0.15) is 0 Å². The maximum absolute atomic E-state index is 10.6. The highest BCUT2D eigenvalue weighted by Gasteiger charge is 2.06. The minimum absolute atomic E-state index is 0.0261. The van der Waals surface area contributed by atoms with Crippen LogP contribution in [0.4, 0.5) is 17.3 Å². The average molecular weight is 309 g/mol. The number of nitrogens with one attached hydrogen (secondary N) is 1. The second kappa shape index (κ2) is 6.48. The van der Waals surface area contributed by atoms with Gasteiger partial charge >= 0.3 is 0 Å². The molecule has 0 amide bonds. The zero-order valence-electron chi connectivity index (χ0n) is 11.8. The number of hydrogen-bond acceptors (Lipinski definition) is 6. The fourth-order valence-corrected chi connectivity index (χ4v) is 1.81. The van der Waals surface area contributed by atoms with Crippen molar-refractivity contribution in [2.45, 2.75) is 0 Å². The lowest BCUT2D eigenvalue weighted by atomic mass is 10.2. The number of nitro benzene ring substituents is 1. The fraction of sp³-hybridized carbons (Fsp3) is 0. The van der Waals surface area contributed by atoms with E-state index in [4.69, 9.17) is 4.52 Å². The van der Waals surface area contributed by atoms with Crippen LogP contribution in [0.5, 0.6) is 0 Å². The van der Waals surface area contributed by atoms with E-state index in [1.807, 2.05) is 30.3 Å². The maximum Gasteiger partial charge on any atom is 0.291 e. The van der Waals surface area contributed by atoms with E-state index in [1.165, 1.54) is 18.5 Å². The molecule has 1 heterocycles. The van der Waals surface area contributed by atoms with Gasteiger partial charge in [0, 0.05) is 23.4 Å². The standard InChI is InChI=1S/C15H11N5O3/c21-20(22)13-8-6-12(7-9-13)16-10-17-15-18-14(23-19-15)11-4-2-1-3-5-11/h1-10H,(H,16,17,19). The third-order valence-electron chi connectivity index (χ3n) is 2.93. The first kappa shape index (κ1) is 14.4. The zero-order chi connectivity index (χ0) is 16.1. The molecule has 23 heavy (non-hydrogen) atoms. The van der Waals surface area contributed by atoms with Crippen molar-refractivity contribution in [3.63, 3.8) is 0 Å². The summed E-state index contributed by atoms with van der Waals surface area (Å²) in [5.74, 6) is 0.561. The number of non-ortho nitro benzene ring substituents is 1. The highest BCUT2D eigenvalue weighted by atomic mass is 16.6. The molecule has 114 valence electrons. The van der Waals surface area contributed by atoms with Crippen LogP contribution >= 0.6 is 0 Å². The van der Waals surface area contributed by atoms with E-state index in [1.54, 1.807) is 12.1 Å². The molecule has 1 N–H and O–H groups in total. The van der Waals surface area contributed by atoms with Crippen molar-refractivity contribution < 1.29 is 9.45 Å². The number of nitro groups is 1. The SMILES string of the molecule is O=[N+]([O-])c1ccc(NC=Nc2noc(-c3ccccc3)n2)cc1. The molecule has 0 unspecified atom stereocenters. The van der Waals surface area contributed by atoms with Crippen molar-refractivity contribution in [2.75, 3.05) is 5.32 Å². The number of rotatable bonds is 5. The lowest BCUT2D eigenvalue weighted by molar-refractivity contribution is -0.384. The van der Waals surface area contributed by atoms with Crippen LogP contribution in [0.25, 0.3) is 11.5 Å². The van der Waals surface area contributed by atoms with Gasteiger partial charge in [0.25, 0.3) is 17.5 Å². The minimum Gasteiger partial charge on any atom is -0.346 e. The van der Waals surface area contributed by atoms with Gasteiger partial charge in [-0.3, -0.25) is 10.1 Å². The molecule has 1 aromatic heterocycles. The fourth-order valence-electron chi connectivity index (χ4n) is 1.81. The van der Waals surface area contributed by atoms with Gasteiger partial charge in [-0.05, 0) is 29.4 Å². The summed E-state index contributed by atoms with van der Waals surface area (Å²) in [6, 6.07) is 15.3. The Morgan fingerprint density at radius 2 is 1.87 bits per heavy atom. The Bertz CT molecular complexity index is 828. The number of nitrogens with zero attached hydrogens (tertiary/aromatic N) is 4. The van der Waals surface area contributed by atoms with Crippen molar-refractivity contribution in [3.05, 3.63) is 64.7 Å². The van der Waals surface area contributed by atoms with Gasteiger partial charge in [-0.25, -0.2) is 0 Å². The van der Waals surface area contributed by atoms with Crippen molar-refractivity contribution in [1.29, 1.82) is 0 Å². The Morgan fingerprint density at radius 3 is 2.57 bits per heavy atom. The van der Waals surface area contributed by atoms with Crippen LogP contribution in [0.15, 0.2) is 64.1 Å². The molecule has 0 aliphatic rings. The lowest BCUT2D eigenvalue weighted by Crippen LogP contribution is -1.95. The molecule has 0 saturated heterocycles. The van der Waals surface area contributed by atoms with E-state index in [-0.39, 0.29) is 11.6 Å².